The Morgan fingerprint density at radius 1 is 1.14 bits per heavy atom. The van der Waals surface area contributed by atoms with Crippen molar-refractivity contribution in [2.45, 2.75) is 52.6 Å². The maximum absolute atomic E-state index is 12.1. The Bertz CT molecular complexity index is 388. The summed E-state index contributed by atoms with van der Waals surface area (Å²) in [5.41, 5.74) is -0.443. The van der Waals surface area contributed by atoms with Gasteiger partial charge in [0.1, 0.15) is 5.60 Å². The van der Waals surface area contributed by atoms with E-state index in [2.05, 4.69) is 0 Å². The number of hydrogen-bond acceptors (Lipinski definition) is 4. The first-order chi connectivity index (χ1) is 9.78. The molecule has 0 aromatic rings. The molecular formula is C16H27NO4. The zero-order chi connectivity index (χ0) is 15.6. The number of ether oxygens (including phenoxy) is 2. The molecule has 0 spiro atoms. The van der Waals surface area contributed by atoms with Gasteiger partial charge >= 0.3 is 12.1 Å². The van der Waals surface area contributed by atoms with Crippen LogP contribution in [-0.2, 0) is 14.3 Å². The van der Waals surface area contributed by atoms with Gasteiger partial charge in [0.2, 0.25) is 0 Å². The summed E-state index contributed by atoms with van der Waals surface area (Å²) < 4.78 is 10.4. The maximum atomic E-state index is 12.1. The molecule has 1 amide bonds. The van der Waals surface area contributed by atoms with Crippen molar-refractivity contribution in [3.05, 3.63) is 0 Å². The second-order valence-electron chi connectivity index (χ2n) is 7.25. The van der Waals surface area contributed by atoms with E-state index in [9.17, 15) is 9.59 Å². The van der Waals surface area contributed by atoms with Crippen LogP contribution in [-0.4, -0.2) is 42.3 Å². The number of fused-ring (bicyclic) bond motifs is 1. The average molecular weight is 297 g/mol. The van der Waals surface area contributed by atoms with Crippen LogP contribution >= 0.6 is 0 Å². The Morgan fingerprint density at radius 3 is 2.19 bits per heavy atom. The fraction of sp³-hybridized carbons (Fsp3) is 0.875. The predicted octanol–water partition coefficient (Wildman–Crippen LogP) is 2.83. The topological polar surface area (TPSA) is 55.8 Å². The van der Waals surface area contributed by atoms with Crippen molar-refractivity contribution in [1.82, 2.24) is 4.90 Å². The van der Waals surface area contributed by atoms with Crippen LogP contribution in [0.15, 0.2) is 0 Å². The molecule has 0 unspecified atom stereocenters. The van der Waals surface area contributed by atoms with Gasteiger partial charge in [-0.15, -0.1) is 0 Å². The van der Waals surface area contributed by atoms with E-state index in [1.54, 1.807) is 0 Å². The first-order valence-corrected chi connectivity index (χ1v) is 7.92. The number of likely N-dealkylation sites (tertiary alicyclic amines) is 1. The van der Waals surface area contributed by atoms with Gasteiger partial charge in [0.15, 0.2) is 0 Å². The summed E-state index contributed by atoms with van der Waals surface area (Å²) in [7, 11) is 0. The van der Waals surface area contributed by atoms with Gasteiger partial charge in [-0.2, -0.15) is 0 Å². The van der Waals surface area contributed by atoms with Crippen molar-refractivity contribution in [3.63, 3.8) is 0 Å². The van der Waals surface area contributed by atoms with Crippen molar-refractivity contribution in [1.29, 1.82) is 0 Å². The molecule has 1 saturated heterocycles. The molecule has 0 bridgehead atoms. The molecule has 3 atom stereocenters. The van der Waals surface area contributed by atoms with Gasteiger partial charge in [0, 0.05) is 19.5 Å². The quantitative estimate of drug-likeness (QED) is 0.752. The second-order valence-corrected chi connectivity index (χ2v) is 7.25. The molecular weight excluding hydrogens is 270 g/mol. The Balaban J connectivity index is 1.79. The van der Waals surface area contributed by atoms with E-state index in [0.717, 1.165) is 25.9 Å². The van der Waals surface area contributed by atoms with Gasteiger partial charge < -0.3 is 14.4 Å². The number of amides is 1. The highest BCUT2D eigenvalue weighted by atomic mass is 16.6. The van der Waals surface area contributed by atoms with Crippen LogP contribution in [0.2, 0.25) is 0 Å². The third-order valence-corrected chi connectivity index (χ3v) is 4.26. The van der Waals surface area contributed by atoms with E-state index < -0.39 is 5.60 Å². The Morgan fingerprint density at radius 2 is 1.71 bits per heavy atom. The summed E-state index contributed by atoms with van der Waals surface area (Å²) in [5.74, 6) is 1.35. The number of nitrogens with zero attached hydrogens (tertiary/aromatic N) is 1. The molecule has 120 valence electrons. The van der Waals surface area contributed by atoms with E-state index in [4.69, 9.17) is 9.47 Å². The zero-order valence-electron chi connectivity index (χ0n) is 13.6. The monoisotopic (exact) mass is 297 g/mol. The highest BCUT2D eigenvalue weighted by molar-refractivity contribution is 5.70. The SMILES string of the molecule is CCOC(=O)C[C@@H]1C[C@@H]2CN(C(=O)OC(C)(C)C)C[C@@H]2C1. The molecule has 2 fully saturated rings. The van der Waals surface area contributed by atoms with Crippen molar-refractivity contribution in [2.75, 3.05) is 19.7 Å². The summed E-state index contributed by atoms with van der Waals surface area (Å²) in [6.45, 7) is 9.47. The number of carbonyl (C=O) groups is 2. The summed E-state index contributed by atoms with van der Waals surface area (Å²) >= 11 is 0. The smallest absolute Gasteiger partial charge is 0.410 e. The molecule has 1 aliphatic carbocycles. The molecule has 0 radical (unpaired) electrons. The van der Waals surface area contributed by atoms with Gasteiger partial charge in [-0.1, -0.05) is 0 Å². The van der Waals surface area contributed by atoms with E-state index in [1.165, 1.54) is 0 Å². The molecule has 1 saturated carbocycles. The predicted molar refractivity (Wildman–Crippen MR) is 78.8 cm³/mol. The van der Waals surface area contributed by atoms with Crippen LogP contribution in [0.4, 0.5) is 4.79 Å². The zero-order valence-corrected chi connectivity index (χ0v) is 13.6. The fourth-order valence-corrected chi connectivity index (χ4v) is 3.52. The Kier molecular flexibility index (Phi) is 4.79. The van der Waals surface area contributed by atoms with Gasteiger partial charge in [-0.05, 0) is 58.3 Å². The standard InChI is InChI=1S/C16H27NO4/c1-5-20-14(18)8-11-6-12-9-17(10-13(12)7-11)15(19)21-16(2,3)4/h11-13H,5-10H2,1-4H3/t11-,12-,13+. The Labute approximate surface area is 127 Å². The van der Waals surface area contributed by atoms with Crippen LogP contribution in [0.5, 0.6) is 0 Å². The summed E-state index contributed by atoms with van der Waals surface area (Å²) in [5, 5.41) is 0. The van der Waals surface area contributed by atoms with E-state index >= 15 is 0 Å². The van der Waals surface area contributed by atoms with Crippen molar-refractivity contribution in [2.24, 2.45) is 17.8 Å². The molecule has 2 aliphatic rings. The lowest BCUT2D eigenvalue weighted by Crippen LogP contribution is -2.36. The lowest BCUT2D eigenvalue weighted by molar-refractivity contribution is -0.144. The van der Waals surface area contributed by atoms with Crippen LogP contribution in [0.25, 0.3) is 0 Å². The minimum absolute atomic E-state index is 0.0912. The molecule has 21 heavy (non-hydrogen) atoms. The molecule has 1 aliphatic heterocycles. The van der Waals surface area contributed by atoms with E-state index in [0.29, 0.717) is 30.8 Å². The highest BCUT2D eigenvalue weighted by Gasteiger charge is 2.43. The van der Waals surface area contributed by atoms with Crippen molar-refractivity contribution in [3.8, 4) is 0 Å². The molecule has 5 nitrogen and oxygen atoms in total. The van der Waals surface area contributed by atoms with Crippen molar-refractivity contribution >= 4 is 12.1 Å². The second kappa shape index (κ2) is 6.24. The first kappa shape index (κ1) is 16.1. The van der Waals surface area contributed by atoms with Crippen LogP contribution in [0, 0.1) is 17.8 Å². The summed E-state index contributed by atoms with van der Waals surface area (Å²) in [6, 6.07) is 0. The van der Waals surface area contributed by atoms with E-state index in [-0.39, 0.29) is 12.1 Å². The maximum Gasteiger partial charge on any atom is 0.410 e. The lowest BCUT2D eigenvalue weighted by Gasteiger charge is -2.25. The van der Waals surface area contributed by atoms with E-state index in [1.807, 2.05) is 32.6 Å². The molecule has 5 heteroatoms. The van der Waals surface area contributed by atoms with Crippen LogP contribution < -0.4 is 0 Å². The van der Waals surface area contributed by atoms with Crippen molar-refractivity contribution < 1.29 is 19.1 Å². The number of esters is 1. The lowest BCUT2D eigenvalue weighted by atomic mass is 10.0. The minimum Gasteiger partial charge on any atom is -0.466 e. The molecule has 0 aromatic carbocycles. The summed E-state index contributed by atoms with van der Waals surface area (Å²) in [4.78, 5) is 25.4. The first-order valence-electron chi connectivity index (χ1n) is 7.92. The van der Waals surface area contributed by atoms with Gasteiger partial charge in [0.25, 0.3) is 0 Å². The third kappa shape index (κ3) is 4.35. The molecule has 2 rings (SSSR count). The van der Waals surface area contributed by atoms with Gasteiger partial charge in [0.05, 0.1) is 6.61 Å². The largest absolute Gasteiger partial charge is 0.466 e. The Hall–Kier alpha value is -1.26. The van der Waals surface area contributed by atoms with Gasteiger partial charge in [-0.25, -0.2) is 4.79 Å². The number of hydrogen-bond donors (Lipinski definition) is 0. The van der Waals surface area contributed by atoms with Crippen LogP contribution in [0.1, 0.15) is 47.0 Å². The highest BCUT2D eigenvalue weighted by Crippen LogP contribution is 2.43. The minimum atomic E-state index is -0.443. The normalized spacial score (nSPS) is 28.4. The number of rotatable bonds is 3. The summed E-state index contributed by atoms with van der Waals surface area (Å²) in [6.07, 6.45) is 2.34. The average Bonchev–Trinajstić information content (AvgIpc) is 2.84. The third-order valence-electron chi connectivity index (χ3n) is 4.26. The fourth-order valence-electron chi connectivity index (χ4n) is 3.52. The molecule has 0 aromatic heterocycles. The molecule has 1 heterocycles. The number of carbonyl (C=O) groups excluding carboxylic acids is 2. The van der Waals surface area contributed by atoms with Crippen LogP contribution in [0.3, 0.4) is 0 Å². The van der Waals surface area contributed by atoms with Gasteiger partial charge in [-0.3, -0.25) is 4.79 Å². The molecule has 0 N–H and O–H groups in total.